The first-order valence-corrected chi connectivity index (χ1v) is 8.67. The average Bonchev–Trinajstić information content (AvgIpc) is 3.06. The highest BCUT2D eigenvalue weighted by Crippen LogP contribution is 2.28. The van der Waals surface area contributed by atoms with Gasteiger partial charge in [-0.3, -0.25) is 0 Å². The number of carbonyl (C=O) groups excluding carboxylic acids is 1. The lowest BCUT2D eigenvalue weighted by atomic mass is 10.1. The Bertz CT molecular complexity index is 732. The van der Waals surface area contributed by atoms with Crippen LogP contribution in [0.5, 0.6) is 0 Å². The molecule has 0 N–H and O–H groups in total. The summed E-state index contributed by atoms with van der Waals surface area (Å²) in [6.07, 6.45) is 2.04. The molecule has 124 valence electrons. The Morgan fingerprint density at radius 2 is 2.00 bits per heavy atom. The van der Waals surface area contributed by atoms with Crippen molar-refractivity contribution in [2.24, 2.45) is 0 Å². The molecule has 2 rings (SSSR count). The molecule has 1 aromatic carbocycles. The molecule has 0 amide bonds. The molecule has 8 heteroatoms. The maximum atomic E-state index is 12.3. The van der Waals surface area contributed by atoms with Gasteiger partial charge in [-0.05, 0) is 31.0 Å². The number of ether oxygens (including phenoxy) is 1. The van der Waals surface area contributed by atoms with Crippen molar-refractivity contribution in [2.45, 2.75) is 17.7 Å². The van der Waals surface area contributed by atoms with Gasteiger partial charge in [0.05, 0.1) is 16.1 Å². The Hall–Kier alpha value is -2.11. The van der Waals surface area contributed by atoms with E-state index in [-0.39, 0.29) is 17.1 Å². The fourth-order valence-corrected chi connectivity index (χ4v) is 3.39. The first-order valence-electron chi connectivity index (χ1n) is 7.23. The maximum absolute atomic E-state index is 12.3. The fourth-order valence-electron chi connectivity index (χ4n) is 2.46. The largest absolute Gasteiger partial charge is 0.447 e. The SMILES string of the molecule is CN(C)S(=O)(=O)c1ccc(N2CCCC2)c(C(=O)OCC#N)c1. The van der Waals surface area contributed by atoms with Gasteiger partial charge in [0.2, 0.25) is 10.0 Å². The Morgan fingerprint density at radius 3 is 2.57 bits per heavy atom. The number of carbonyl (C=O) groups is 1. The third-order valence-corrected chi connectivity index (χ3v) is 5.49. The Labute approximate surface area is 136 Å². The van der Waals surface area contributed by atoms with Crippen molar-refractivity contribution in [3.63, 3.8) is 0 Å². The van der Waals surface area contributed by atoms with Crippen LogP contribution < -0.4 is 4.90 Å². The molecule has 1 heterocycles. The molecule has 1 saturated heterocycles. The lowest BCUT2D eigenvalue weighted by Gasteiger charge is -2.21. The summed E-state index contributed by atoms with van der Waals surface area (Å²) in [6.45, 7) is 1.24. The number of rotatable bonds is 5. The second-order valence-corrected chi connectivity index (χ2v) is 7.55. The fraction of sp³-hybridized carbons (Fsp3) is 0.467. The molecule has 0 bridgehead atoms. The molecule has 0 radical (unpaired) electrons. The van der Waals surface area contributed by atoms with Gasteiger partial charge in [0.25, 0.3) is 0 Å². The van der Waals surface area contributed by atoms with Crippen LogP contribution in [0.25, 0.3) is 0 Å². The lowest BCUT2D eigenvalue weighted by molar-refractivity contribution is 0.0555. The highest BCUT2D eigenvalue weighted by molar-refractivity contribution is 7.89. The predicted molar refractivity (Wildman–Crippen MR) is 84.7 cm³/mol. The van der Waals surface area contributed by atoms with E-state index in [0.717, 1.165) is 30.2 Å². The molecule has 1 fully saturated rings. The summed E-state index contributed by atoms with van der Waals surface area (Å²) >= 11 is 0. The van der Waals surface area contributed by atoms with E-state index < -0.39 is 16.0 Å². The summed E-state index contributed by atoms with van der Waals surface area (Å²) in [5.74, 6) is -0.691. The summed E-state index contributed by atoms with van der Waals surface area (Å²) < 4.78 is 30.5. The molecule has 0 aromatic heterocycles. The van der Waals surface area contributed by atoms with Gasteiger partial charge in [-0.25, -0.2) is 17.5 Å². The minimum absolute atomic E-state index is 0.0226. The molecule has 0 saturated carbocycles. The normalized spacial score (nSPS) is 14.8. The van der Waals surface area contributed by atoms with Crippen molar-refractivity contribution in [3.05, 3.63) is 23.8 Å². The highest BCUT2D eigenvalue weighted by Gasteiger charge is 2.25. The lowest BCUT2D eigenvalue weighted by Crippen LogP contribution is -2.24. The zero-order chi connectivity index (χ0) is 17.0. The summed E-state index contributed by atoms with van der Waals surface area (Å²) in [6, 6.07) is 6.18. The summed E-state index contributed by atoms with van der Waals surface area (Å²) in [4.78, 5) is 14.3. The number of hydrogen-bond acceptors (Lipinski definition) is 6. The van der Waals surface area contributed by atoms with Crippen LogP contribution in [-0.2, 0) is 14.8 Å². The van der Waals surface area contributed by atoms with Gasteiger partial charge in [-0.15, -0.1) is 0 Å². The Morgan fingerprint density at radius 1 is 1.35 bits per heavy atom. The van der Waals surface area contributed by atoms with Crippen LogP contribution in [0.3, 0.4) is 0 Å². The summed E-state index contributed by atoms with van der Waals surface area (Å²) in [5.41, 5.74) is 0.813. The van der Waals surface area contributed by atoms with Crippen molar-refractivity contribution in [1.29, 1.82) is 5.26 Å². The van der Waals surface area contributed by atoms with Crippen molar-refractivity contribution in [1.82, 2.24) is 4.31 Å². The van der Waals surface area contributed by atoms with E-state index in [9.17, 15) is 13.2 Å². The number of sulfonamides is 1. The number of anilines is 1. The molecule has 1 aromatic rings. The van der Waals surface area contributed by atoms with Crippen molar-refractivity contribution >= 4 is 21.7 Å². The quantitative estimate of drug-likeness (QED) is 0.750. The molecule has 23 heavy (non-hydrogen) atoms. The van der Waals surface area contributed by atoms with Crippen molar-refractivity contribution < 1.29 is 17.9 Å². The molecule has 1 aliphatic rings. The topological polar surface area (TPSA) is 90.7 Å². The number of benzene rings is 1. The van der Waals surface area contributed by atoms with Gasteiger partial charge in [0.15, 0.2) is 6.61 Å². The molecule has 0 aliphatic carbocycles. The number of nitriles is 1. The highest BCUT2D eigenvalue weighted by atomic mass is 32.2. The van der Waals surface area contributed by atoms with E-state index in [0.29, 0.717) is 5.69 Å². The number of esters is 1. The molecular formula is C15H19N3O4S. The van der Waals surface area contributed by atoms with Crippen LogP contribution >= 0.6 is 0 Å². The molecule has 0 spiro atoms. The molecule has 0 atom stereocenters. The molecule has 7 nitrogen and oxygen atoms in total. The minimum Gasteiger partial charge on any atom is -0.447 e. The smallest absolute Gasteiger partial charge is 0.341 e. The van der Waals surface area contributed by atoms with Crippen molar-refractivity contribution in [2.75, 3.05) is 38.7 Å². The predicted octanol–water partition coefficient (Wildman–Crippen LogP) is 1.22. The van der Waals surface area contributed by atoms with Gasteiger partial charge in [0.1, 0.15) is 6.07 Å². The second-order valence-electron chi connectivity index (χ2n) is 5.39. The van der Waals surface area contributed by atoms with E-state index in [4.69, 9.17) is 10.00 Å². The summed E-state index contributed by atoms with van der Waals surface area (Å²) in [5, 5.41) is 8.56. The first-order chi connectivity index (χ1) is 10.9. The monoisotopic (exact) mass is 337 g/mol. The minimum atomic E-state index is -3.65. The standard InChI is InChI=1S/C15H19N3O4S/c1-17(2)23(20,21)12-5-6-14(18-8-3-4-9-18)13(11-12)15(19)22-10-7-16/h5-6,11H,3-4,8-10H2,1-2H3. The molecule has 0 unspecified atom stereocenters. The van der Waals surface area contributed by atoms with Crippen LogP contribution in [0.15, 0.2) is 23.1 Å². The second kappa shape index (κ2) is 6.98. The van der Waals surface area contributed by atoms with Crippen molar-refractivity contribution in [3.8, 4) is 6.07 Å². The van der Waals surface area contributed by atoms with Crippen LogP contribution in [-0.4, -0.2) is 52.5 Å². The van der Waals surface area contributed by atoms with Gasteiger partial charge in [-0.1, -0.05) is 0 Å². The zero-order valence-corrected chi connectivity index (χ0v) is 14.0. The van der Waals surface area contributed by atoms with E-state index in [1.54, 1.807) is 12.1 Å². The van der Waals surface area contributed by atoms with Gasteiger partial charge < -0.3 is 9.64 Å². The van der Waals surface area contributed by atoms with Gasteiger partial charge in [-0.2, -0.15) is 5.26 Å². The molecule has 1 aliphatic heterocycles. The first kappa shape index (κ1) is 17.2. The number of hydrogen-bond donors (Lipinski definition) is 0. The van der Waals surface area contributed by atoms with Gasteiger partial charge in [0, 0.05) is 27.2 Å². The summed E-state index contributed by atoms with van der Waals surface area (Å²) in [7, 11) is -0.796. The van der Waals surface area contributed by atoms with E-state index >= 15 is 0 Å². The maximum Gasteiger partial charge on any atom is 0.341 e. The van der Waals surface area contributed by atoms with E-state index in [2.05, 4.69) is 0 Å². The third-order valence-electron chi connectivity index (χ3n) is 3.68. The van der Waals surface area contributed by atoms with Crippen LogP contribution in [0.2, 0.25) is 0 Å². The van der Waals surface area contributed by atoms with Crippen LogP contribution in [0.4, 0.5) is 5.69 Å². The number of nitrogens with zero attached hydrogens (tertiary/aromatic N) is 3. The Balaban J connectivity index is 2.48. The Kier molecular flexibility index (Phi) is 5.23. The molecular weight excluding hydrogens is 318 g/mol. The average molecular weight is 337 g/mol. The zero-order valence-electron chi connectivity index (χ0n) is 13.2. The van der Waals surface area contributed by atoms with Gasteiger partial charge >= 0.3 is 5.97 Å². The van der Waals surface area contributed by atoms with E-state index in [1.807, 2.05) is 4.90 Å². The van der Waals surface area contributed by atoms with Crippen LogP contribution in [0.1, 0.15) is 23.2 Å². The van der Waals surface area contributed by atoms with Crippen LogP contribution in [0, 0.1) is 11.3 Å². The third kappa shape index (κ3) is 3.63. The van der Waals surface area contributed by atoms with E-state index in [1.165, 1.54) is 26.2 Å².